The number of aromatic nitrogens is 2. The summed E-state index contributed by atoms with van der Waals surface area (Å²) in [6.45, 7) is 7.84. The zero-order valence-corrected chi connectivity index (χ0v) is 9.80. The standard InChI is InChI=1S/C10H18N2OS/c1-4-13-7-9(8(2)3)12-6-5-11-10(12)14/h5-6,8-9H,4,7H2,1-3H3,(H,11,14). The second-order valence-electron chi connectivity index (χ2n) is 3.64. The fraction of sp³-hybridized carbons (Fsp3) is 0.700. The van der Waals surface area contributed by atoms with Crippen LogP contribution < -0.4 is 0 Å². The maximum atomic E-state index is 5.45. The molecule has 0 fully saturated rings. The van der Waals surface area contributed by atoms with E-state index in [2.05, 4.69) is 23.4 Å². The normalized spacial score (nSPS) is 13.4. The van der Waals surface area contributed by atoms with E-state index in [9.17, 15) is 0 Å². The van der Waals surface area contributed by atoms with Gasteiger partial charge in [0.25, 0.3) is 0 Å². The van der Waals surface area contributed by atoms with Gasteiger partial charge < -0.3 is 14.3 Å². The van der Waals surface area contributed by atoms with Gasteiger partial charge in [0, 0.05) is 19.0 Å². The molecule has 0 aliphatic rings. The first-order valence-corrected chi connectivity index (χ1v) is 5.41. The lowest BCUT2D eigenvalue weighted by Crippen LogP contribution is -2.20. The van der Waals surface area contributed by atoms with Crippen LogP contribution in [0.1, 0.15) is 26.8 Å². The monoisotopic (exact) mass is 214 g/mol. The Labute approximate surface area is 90.1 Å². The average Bonchev–Trinajstić information content (AvgIpc) is 2.52. The predicted octanol–water partition coefficient (Wildman–Crippen LogP) is 2.78. The second-order valence-corrected chi connectivity index (χ2v) is 4.03. The number of hydrogen-bond acceptors (Lipinski definition) is 2. The molecule has 14 heavy (non-hydrogen) atoms. The van der Waals surface area contributed by atoms with Gasteiger partial charge in [-0.25, -0.2) is 0 Å². The third kappa shape index (κ3) is 2.69. The summed E-state index contributed by atoms with van der Waals surface area (Å²) in [5.41, 5.74) is 0. The average molecular weight is 214 g/mol. The Morgan fingerprint density at radius 2 is 2.29 bits per heavy atom. The minimum absolute atomic E-state index is 0.327. The van der Waals surface area contributed by atoms with Crippen LogP contribution in [-0.2, 0) is 4.74 Å². The lowest BCUT2D eigenvalue weighted by molar-refractivity contribution is 0.0959. The molecule has 0 saturated heterocycles. The first-order valence-electron chi connectivity index (χ1n) is 5.00. The molecule has 1 aromatic heterocycles. The van der Waals surface area contributed by atoms with Crippen molar-refractivity contribution in [2.45, 2.75) is 26.8 Å². The maximum absolute atomic E-state index is 5.45. The van der Waals surface area contributed by atoms with E-state index in [4.69, 9.17) is 17.0 Å². The lowest BCUT2D eigenvalue weighted by atomic mass is 10.1. The third-order valence-electron chi connectivity index (χ3n) is 2.30. The molecular formula is C10H18N2OS. The molecule has 0 spiro atoms. The van der Waals surface area contributed by atoms with Crippen LogP contribution in [0.3, 0.4) is 0 Å². The molecule has 0 amide bonds. The van der Waals surface area contributed by atoms with Gasteiger partial charge in [-0.1, -0.05) is 13.8 Å². The van der Waals surface area contributed by atoms with Crippen LogP contribution >= 0.6 is 12.2 Å². The van der Waals surface area contributed by atoms with E-state index >= 15 is 0 Å². The summed E-state index contributed by atoms with van der Waals surface area (Å²) in [5.74, 6) is 0.518. The van der Waals surface area contributed by atoms with Crippen LogP contribution in [0, 0.1) is 10.7 Å². The molecule has 80 valence electrons. The SMILES string of the molecule is CCOCC(C(C)C)n1cc[nH]c1=S. The minimum Gasteiger partial charge on any atom is -0.380 e. The van der Waals surface area contributed by atoms with E-state index in [0.29, 0.717) is 12.0 Å². The summed E-state index contributed by atoms with van der Waals surface area (Å²) in [7, 11) is 0. The molecule has 1 atom stereocenters. The number of nitrogens with one attached hydrogen (secondary N) is 1. The Morgan fingerprint density at radius 3 is 2.71 bits per heavy atom. The lowest BCUT2D eigenvalue weighted by Gasteiger charge is -2.21. The van der Waals surface area contributed by atoms with E-state index in [0.717, 1.165) is 18.0 Å². The summed E-state index contributed by atoms with van der Waals surface area (Å²) >= 11 is 5.18. The number of nitrogens with zero attached hydrogens (tertiary/aromatic N) is 1. The van der Waals surface area contributed by atoms with Gasteiger partial charge in [0.2, 0.25) is 0 Å². The Hall–Kier alpha value is -0.610. The van der Waals surface area contributed by atoms with Crippen molar-refractivity contribution in [3.8, 4) is 0 Å². The molecule has 0 radical (unpaired) electrons. The van der Waals surface area contributed by atoms with Gasteiger partial charge in [-0.3, -0.25) is 0 Å². The quantitative estimate of drug-likeness (QED) is 0.764. The Balaban J connectivity index is 2.78. The third-order valence-corrected chi connectivity index (χ3v) is 2.62. The molecular weight excluding hydrogens is 196 g/mol. The van der Waals surface area contributed by atoms with Crippen molar-refractivity contribution >= 4 is 12.2 Å². The highest BCUT2D eigenvalue weighted by atomic mass is 32.1. The Kier molecular flexibility index (Phi) is 4.35. The van der Waals surface area contributed by atoms with Gasteiger partial charge in [0.15, 0.2) is 4.77 Å². The highest BCUT2D eigenvalue weighted by molar-refractivity contribution is 7.71. The molecule has 0 aliphatic carbocycles. The van der Waals surface area contributed by atoms with E-state index in [1.165, 1.54) is 0 Å². The number of ether oxygens (including phenoxy) is 1. The number of hydrogen-bond donors (Lipinski definition) is 1. The molecule has 4 heteroatoms. The molecule has 1 rings (SSSR count). The number of rotatable bonds is 5. The molecule has 0 aromatic carbocycles. The fourth-order valence-corrected chi connectivity index (χ4v) is 1.69. The van der Waals surface area contributed by atoms with E-state index in [1.54, 1.807) is 0 Å². The Bertz CT molecular complexity index is 316. The zero-order valence-electron chi connectivity index (χ0n) is 8.99. The highest BCUT2D eigenvalue weighted by Crippen LogP contribution is 2.18. The maximum Gasteiger partial charge on any atom is 0.177 e. The van der Waals surface area contributed by atoms with Crippen molar-refractivity contribution < 1.29 is 4.74 Å². The van der Waals surface area contributed by atoms with E-state index in [1.807, 2.05) is 19.3 Å². The molecule has 1 N–H and O–H groups in total. The smallest absolute Gasteiger partial charge is 0.177 e. The molecule has 0 bridgehead atoms. The summed E-state index contributed by atoms with van der Waals surface area (Å²) in [6, 6.07) is 0.327. The molecule has 1 heterocycles. The summed E-state index contributed by atoms with van der Waals surface area (Å²) < 4.78 is 8.29. The number of H-pyrrole nitrogens is 1. The van der Waals surface area contributed by atoms with E-state index in [-0.39, 0.29) is 0 Å². The highest BCUT2D eigenvalue weighted by Gasteiger charge is 2.15. The topological polar surface area (TPSA) is 29.9 Å². The first-order chi connectivity index (χ1) is 6.66. The zero-order chi connectivity index (χ0) is 10.6. The van der Waals surface area contributed by atoms with Crippen molar-refractivity contribution in [3.63, 3.8) is 0 Å². The van der Waals surface area contributed by atoms with Crippen LogP contribution in [0.2, 0.25) is 0 Å². The van der Waals surface area contributed by atoms with Crippen LogP contribution in [0.25, 0.3) is 0 Å². The number of aromatic amines is 1. The van der Waals surface area contributed by atoms with Crippen LogP contribution in [-0.4, -0.2) is 22.8 Å². The van der Waals surface area contributed by atoms with Crippen LogP contribution in [0.5, 0.6) is 0 Å². The van der Waals surface area contributed by atoms with Gasteiger partial charge in [-0.2, -0.15) is 0 Å². The number of imidazole rings is 1. The largest absolute Gasteiger partial charge is 0.380 e. The van der Waals surface area contributed by atoms with Crippen molar-refractivity contribution in [1.29, 1.82) is 0 Å². The molecule has 0 aliphatic heterocycles. The summed E-state index contributed by atoms with van der Waals surface area (Å²) in [6.07, 6.45) is 3.84. The Morgan fingerprint density at radius 1 is 1.57 bits per heavy atom. The van der Waals surface area contributed by atoms with Gasteiger partial charge in [-0.05, 0) is 25.1 Å². The summed E-state index contributed by atoms with van der Waals surface area (Å²) in [4.78, 5) is 3.00. The molecule has 3 nitrogen and oxygen atoms in total. The van der Waals surface area contributed by atoms with Gasteiger partial charge in [0.1, 0.15) is 0 Å². The fourth-order valence-electron chi connectivity index (χ4n) is 1.42. The van der Waals surface area contributed by atoms with Crippen molar-refractivity contribution in [2.75, 3.05) is 13.2 Å². The molecule has 0 saturated carbocycles. The van der Waals surface area contributed by atoms with Gasteiger partial charge in [0.05, 0.1) is 12.6 Å². The van der Waals surface area contributed by atoms with Crippen LogP contribution in [0.4, 0.5) is 0 Å². The molecule has 1 aromatic rings. The van der Waals surface area contributed by atoms with E-state index < -0.39 is 0 Å². The summed E-state index contributed by atoms with van der Waals surface area (Å²) in [5, 5.41) is 0. The molecule has 1 unspecified atom stereocenters. The van der Waals surface area contributed by atoms with Crippen LogP contribution in [0.15, 0.2) is 12.4 Å². The minimum atomic E-state index is 0.327. The van der Waals surface area contributed by atoms with Gasteiger partial charge >= 0.3 is 0 Å². The predicted molar refractivity (Wildman–Crippen MR) is 60.0 cm³/mol. The second kappa shape index (κ2) is 5.32. The van der Waals surface area contributed by atoms with Gasteiger partial charge in [-0.15, -0.1) is 0 Å². The van der Waals surface area contributed by atoms with Crippen molar-refractivity contribution in [1.82, 2.24) is 9.55 Å². The van der Waals surface area contributed by atoms with Crippen molar-refractivity contribution in [3.05, 3.63) is 17.2 Å². The van der Waals surface area contributed by atoms with Crippen molar-refractivity contribution in [2.24, 2.45) is 5.92 Å². The first kappa shape index (κ1) is 11.5.